The fourth-order valence-corrected chi connectivity index (χ4v) is 3.99. The zero-order chi connectivity index (χ0) is 21.7. The van der Waals surface area contributed by atoms with E-state index >= 15 is 0 Å². The molecule has 0 amide bonds. The number of aromatic nitrogens is 1. The van der Waals surface area contributed by atoms with Crippen molar-refractivity contribution in [3.63, 3.8) is 0 Å². The van der Waals surface area contributed by atoms with Gasteiger partial charge in [0.2, 0.25) is 10.0 Å². The molecule has 1 fully saturated rings. The summed E-state index contributed by atoms with van der Waals surface area (Å²) in [5, 5.41) is 13.8. The normalized spacial score (nSPS) is 15.3. The highest BCUT2D eigenvalue weighted by Crippen LogP contribution is 2.07. The monoisotopic (exact) mass is 442 g/mol. The SMILES string of the molecule is CN(OCCN1CCOCC1)S(=O)(=O)CCCCCCNC(=N)Nc1ccncc1. The molecule has 1 saturated heterocycles. The second kappa shape index (κ2) is 13.5. The summed E-state index contributed by atoms with van der Waals surface area (Å²) in [6, 6.07) is 3.58. The average Bonchev–Trinajstić information content (AvgIpc) is 2.74. The van der Waals surface area contributed by atoms with Crippen LogP contribution in [0.25, 0.3) is 0 Å². The van der Waals surface area contributed by atoms with E-state index in [0.29, 0.717) is 39.3 Å². The number of rotatable bonds is 13. The van der Waals surface area contributed by atoms with E-state index in [2.05, 4.69) is 20.5 Å². The zero-order valence-corrected chi connectivity index (χ0v) is 18.5. The number of unbranched alkanes of at least 4 members (excludes halogenated alkanes) is 3. The Hall–Kier alpha value is -1.79. The van der Waals surface area contributed by atoms with Crippen molar-refractivity contribution in [1.29, 1.82) is 5.41 Å². The smallest absolute Gasteiger partial charge is 0.235 e. The molecule has 0 bridgehead atoms. The summed E-state index contributed by atoms with van der Waals surface area (Å²) in [7, 11) is -1.94. The lowest BCUT2D eigenvalue weighted by Gasteiger charge is -2.27. The van der Waals surface area contributed by atoms with Crippen LogP contribution in [0.15, 0.2) is 24.5 Å². The predicted molar refractivity (Wildman–Crippen MR) is 117 cm³/mol. The van der Waals surface area contributed by atoms with Gasteiger partial charge in [-0.15, -0.1) is 0 Å². The van der Waals surface area contributed by atoms with E-state index in [1.807, 2.05) is 0 Å². The lowest BCUT2D eigenvalue weighted by atomic mass is 10.2. The van der Waals surface area contributed by atoms with Crippen LogP contribution in [0, 0.1) is 5.41 Å². The summed E-state index contributed by atoms with van der Waals surface area (Å²) < 4.78 is 30.8. The minimum Gasteiger partial charge on any atom is -0.379 e. The van der Waals surface area contributed by atoms with Crippen molar-refractivity contribution in [2.75, 3.05) is 64.1 Å². The quantitative estimate of drug-likeness (QED) is 0.180. The summed E-state index contributed by atoms with van der Waals surface area (Å²) in [6.07, 6.45) is 6.49. The number of morpholine rings is 1. The van der Waals surface area contributed by atoms with Gasteiger partial charge in [0.15, 0.2) is 5.96 Å². The standard InChI is InChI=1S/C19H34N6O4S/c1-24(29-16-13-25-11-14-28-15-12-25)30(26,27)17-5-3-2-4-8-22-19(20)23-18-6-9-21-10-7-18/h6-7,9-10H,2-5,8,11-17H2,1H3,(H3,20,21,22,23). The molecule has 0 radical (unpaired) electrons. The van der Waals surface area contributed by atoms with Crippen molar-refractivity contribution in [3.05, 3.63) is 24.5 Å². The number of sulfonamides is 1. The Kier molecular flexibility index (Phi) is 11.0. The fourth-order valence-electron chi connectivity index (χ4n) is 2.93. The summed E-state index contributed by atoms with van der Waals surface area (Å²) in [5.74, 6) is 0.313. The molecule has 170 valence electrons. The highest BCUT2D eigenvalue weighted by molar-refractivity contribution is 7.88. The van der Waals surface area contributed by atoms with Crippen LogP contribution >= 0.6 is 0 Å². The summed E-state index contributed by atoms with van der Waals surface area (Å²) >= 11 is 0. The molecule has 3 N–H and O–H groups in total. The van der Waals surface area contributed by atoms with Crippen molar-refractivity contribution < 1.29 is 18.0 Å². The first kappa shape index (κ1) is 24.5. The van der Waals surface area contributed by atoms with Gasteiger partial charge in [-0.25, -0.2) is 8.42 Å². The third-order valence-electron chi connectivity index (χ3n) is 4.76. The van der Waals surface area contributed by atoms with Crippen molar-refractivity contribution in [3.8, 4) is 0 Å². The molecule has 0 unspecified atom stereocenters. The van der Waals surface area contributed by atoms with Crippen LogP contribution in [0.5, 0.6) is 0 Å². The highest BCUT2D eigenvalue weighted by atomic mass is 32.2. The van der Waals surface area contributed by atoms with E-state index < -0.39 is 10.0 Å². The Bertz CT molecular complexity index is 713. The van der Waals surface area contributed by atoms with Gasteiger partial charge >= 0.3 is 0 Å². The average molecular weight is 443 g/mol. The molecule has 1 aliphatic heterocycles. The summed E-state index contributed by atoms with van der Waals surface area (Å²) in [4.78, 5) is 11.5. The lowest BCUT2D eigenvalue weighted by Crippen LogP contribution is -2.40. The summed E-state index contributed by atoms with van der Waals surface area (Å²) in [5.41, 5.74) is 0.809. The third kappa shape index (κ3) is 9.81. The maximum atomic E-state index is 12.3. The van der Waals surface area contributed by atoms with E-state index in [9.17, 15) is 8.42 Å². The topological polar surface area (TPSA) is 120 Å². The molecule has 2 heterocycles. The molecule has 10 nitrogen and oxygen atoms in total. The largest absolute Gasteiger partial charge is 0.379 e. The lowest BCUT2D eigenvalue weighted by molar-refractivity contribution is -0.0777. The molecular weight excluding hydrogens is 408 g/mol. The van der Waals surface area contributed by atoms with E-state index in [1.54, 1.807) is 24.5 Å². The van der Waals surface area contributed by atoms with E-state index in [1.165, 1.54) is 7.05 Å². The Morgan fingerprint density at radius 2 is 1.93 bits per heavy atom. The molecule has 11 heteroatoms. The van der Waals surface area contributed by atoms with Crippen LogP contribution in [0.3, 0.4) is 0 Å². The Labute approximate surface area is 179 Å². The van der Waals surface area contributed by atoms with Crippen molar-refractivity contribution in [2.24, 2.45) is 0 Å². The maximum Gasteiger partial charge on any atom is 0.235 e. The van der Waals surface area contributed by atoms with Crippen LogP contribution in [-0.2, 0) is 19.6 Å². The van der Waals surface area contributed by atoms with Crippen molar-refractivity contribution in [1.82, 2.24) is 19.7 Å². The number of hydroxylamine groups is 1. The maximum absolute atomic E-state index is 12.3. The fraction of sp³-hybridized carbons (Fsp3) is 0.684. The van der Waals surface area contributed by atoms with Gasteiger partial charge < -0.3 is 15.4 Å². The molecule has 1 aliphatic rings. The van der Waals surface area contributed by atoms with Crippen LogP contribution in [-0.4, -0.2) is 87.5 Å². The minimum absolute atomic E-state index is 0.0773. The molecular formula is C19H34N6O4S. The van der Waals surface area contributed by atoms with Gasteiger partial charge in [0, 0.05) is 51.3 Å². The zero-order valence-electron chi connectivity index (χ0n) is 17.7. The predicted octanol–water partition coefficient (Wildman–Crippen LogP) is 1.10. The van der Waals surface area contributed by atoms with Gasteiger partial charge in [0.1, 0.15) is 0 Å². The number of ether oxygens (including phenoxy) is 1. The Balaban J connectivity index is 1.48. The van der Waals surface area contributed by atoms with E-state index in [4.69, 9.17) is 15.0 Å². The van der Waals surface area contributed by atoms with Crippen LogP contribution in [0.1, 0.15) is 25.7 Å². The number of hydrogen-bond donors (Lipinski definition) is 3. The molecule has 1 aromatic heterocycles. The number of anilines is 1. The van der Waals surface area contributed by atoms with Crippen LogP contribution in [0.2, 0.25) is 0 Å². The number of hydrogen-bond acceptors (Lipinski definition) is 7. The number of nitrogens with one attached hydrogen (secondary N) is 3. The molecule has 0 aliphatic carbocycles. The third-order valence-corrected chi connectivity index (χ3v) is 6.45. The second-order valence-corrected chi connectivity index (χ2v) is 9.18. The van der Waals surface area contributed by atoms with E-state index in [-0.39, 0.29) is 11.7 Å². The molecule has 0 spiro atoms. The first-order valence-corrected chi connectivity index (χ1v) is 12.0. The van der Waals surface area contributed by atoms with Crippen LogP contribution in [0.4, 0.5) is 5.69 Å². The summed E-state index contributed by atoms with van der Waals surface area (Å²) in [6.45, 7) is 4.84. The van der Waals surface area contributed by atoms with Gasteiger partial charge in [-0.2, -0.15) is 0 Å². The Morgan fingerprint density at radius 3 is 2.67 bits per heavy atom. The number of nitrogens with zero attached hydrogens (tertiary/aromatic N) is 3. The first-order valence-electron chi connectivity index (χ1n) is 10.4. The second-order valence-electron chi connectivity index (χ2n) is 7.09. The molecule has 2 rings (SSSR count). The van der Waals surface area contributed by atoms with Crippen LogP contribution < -0.4 is 10.6 Å². The van der Waals surface area contributed by atoms with E-state index in [0.717, 1.165) is 42.5 Å². The van der Waals surface area contributed by atoms with Gasteiger partial charge in [0.05, 0.1) is 25.6 Å². The van der Waals surface area contributed by atoms with Crippen molar-refractivity contribution >= 4 is 21.7 Å². The molecule has 0 saturated carbocycles. The minimum atomic E-state index is -3.40. The van der Waals surface area contributed by atoms with Gasteiger partial charge in [0.25, 0.3) is 0 Å². The number of pyridine rings is 1. The highest BCUT2D eigenvalue weighted by Gasteiger charge is 2.19. The molecule has 30 heavy (non-hydrogen) atoms. The van der Waals surface area contributed by atoms with Gasteiger partial charge in [-0.3, -0.25) is 20.1 Å². The van der Waals surface area contributed by atoms with Gasteiger partial charge in [-0.1, -0.05) is 17.3 Å². The molecule has 1 aromatic rings. The molecule has 0 aromatic carbocycles. The first-order chi connectivity index (χ1) is 14.5. The Morgan fingerprint density at radius 1 is 1.23 bits per heavy atom. The molecule has 0 atom stereocenters. The number of guanidine groups is 1. The van der Waals surface area contributed by atoms with Gasteiger partial charge in [-0.05, 0) is 25.0 Å². The van der Waals surface area contributed by atoms with Crippen molar-refractivity contribution in [2.45, 2.75) is 25.7 Å².